The molecule has 1 atom stereocenters. The SMILES string of the molecule is CC1CNC2(CCCC2)CN1CCCC1CC1. The minimum absolute atomic E-state index is 0.506. The molecule has 2 heteroatoms. The number of rotatable bonds is 4. The molecule has 0 aromatic rings. The maximum Gasteiger partial charge on any atom is 0.0309 e. The van der Waals surface area contributed by atoms with E-state index in [9.17, 15) is 0 Å². The summed E-state index contributed by atoms with van der Waals surface area (Å²) in [7, 11) is 0. The van der Waals surface area contributed by atoms with Gasteiger partial charge in [0.15, 0.2) is 0 Å². The molecule has 17 heavy (non-hydrogen) atoms. The van der Waals surface area contributed by atoms with E-state index in [0.29, 0.717) is 5.54 Å². The highest BCUT2D eigenvalue weighted by Gasteiger charge is 2.39. The van der Waals surface area contributed by atoms with Crippen molar-refractivity contribution in [3.8, 4) is 0 Å². The number of hydrogen-bond acceptors (Lipinski definition) is 2. The molecule has 2 nitrogen and oxygen atoms in total. The third-order valence-electron chi connectivity index (χ3n) is 5.22. The maximum absolute atomic E-state index is 3.84. The molecule has 0 bridgehead atoms. The Morgan fingerprint density at radius 3 is 2.71 bits per heavy atom. The standard InChI is InChI=1S/C15H28N2/c1-13-11-16-15(8-2-3-9-15)12-17(13)10-4-5-14-6-7-14/h13-14,16H,2-12H2,1H3. The van der Waals surface area contributed by atoms with Gasteiger partial charge in [0, 0.05) is 24.7 Å². The summed E-state index contributed by atoms with van der Waals surface area (Å²) in [6, 6.07) is 0.750. The van der Waals surface area contributed by atoms with Gasteiger partial charge in [0.25, 0.3) is 0 Å². The van der Waals surface area contributed by atoms with E-state index in [0.717, 1.165) is 12.0 Å². The highest BCUT2D eigenvalue weighted by Crippen LogP contribution is 2.35. The Morgan fingerprint density at radius 2 is 2.00 bits per heavy atom. The number of nitrogens with one attached hydrogen (secondary N) is 1. The van der Waals surface area contributed by atoms with Crippen molar-refractivity contribution in [1.82, 2.24) is 10.2 Å². The lowest BCUT2D eigenvalue weighted by atomic mass is 9.92. The van der Waals surface area contributed by atoms with Crippen LogP contribution in [0.15, 0.2) is 0 Å². The van der Waals surface area contributed by atoms with Crippen LogP contribution in [0.3, 0.4) is 0 Å². The van der Waals surface area contributed by atoms with Crippen molar-refractivity contribution in [2.45, 2.75) is 69.9 Å². The minimum Gasteiger partial charge on any atom is -0.308 e. The molecule has 3 rings (SSSR count). The summed E-state index contributed by atoms with van der Waals surface area (Å²) >= 11 is 0. The molecule has 0 radical (unpaired) electrons. The highest BCUT2D eigenvalue weighted by atomic mass is 15.2. The Bertz CT molecular complexity index is 254. The van der Waals surface area contributed by atoms with Crippen molar-refractivity contribution in [1.29, 1.82) is 0 Å². The monoisotopic (exact) mass is 236 g/mol. The summed E-state index contributed by atoms with van der Waals surface area (Å²) in [6.07, 6.45) is 11.7. The predicted octanol–water partition coefficient (Wildman–Crippen LogP) is 2.78. The topological polar surface area (TPSA) is 15.3 Å². The van der Waals surface area contributed by atoms with Gasteiger partial charge in [0.05, 0.1) is 0 Å². The van der Waals surface area contributed by atoms with Gasteiger partial charge in [-0.05, 0) is 45.1 Å². The minimum atomic E-state index is 0.506. The molecule has 1 saturated heterocycles. The summed E-state index contributed by atoms with van der Waals surface area (Å²) in [6.45, 7) is 6.27. The average Bonchev–Trinajstić information content (AvgIpc) is 3.04. The van der Waals surface area contributed by atoms with Crippen LogP contribution in [0.2, 0.25) is 0 Å². The fourth-order valence-electron chi connectivity index (χ4n) is 3.77. The number of hydrogen-bond donors (Lipinski definition) is 1. The molecule has 2 saturated carbocycles. The first-order valence-electron chi connectivity index (χ1n) is 7.77. The van der Waals surface area contributed by atoms with Gasteiger partial charge < -0.3 is 5.32 Å². The van der Waals surface area contributed by atoms with Crippen LogP contribution in [0.25, 0.3) is 0 Å². The molecule has 0 aromatic heterocycles. The van der Waals surface area contributed by atoms with E-state index in [1.54, 1.807) is 0 Å². The van der Waals surface area contributed by atoms with Crippen molar-refractivity contribution >= 4 is 0 Å². The first-order valence-corrected chi connectivity index (χ1v) is 7.77. The highest BCUT2D eigenvalue weighted by molar-refractivity contribution is 5.00. The van der Waals surface area contributed by atoms with E-state index < -0.39 is 0 Å². The number of nitrogens with zero attached hydrogens (tertiary/aromatic N) is 1. The van der Waals surface area contributed by atoms with Crippen LogP contribution in [0, 0.1) is 5.92 Å². The third-order valence-corrected chi connectivity index (χ3v) is 5.22. The van der Waals surface area contributed by atoms with Gasteiger partial charge in [-0.1, -0.05) is 25.7 Å². The van der Waals surface area contributed by atoms with Crippen molar-refractivity contribution in [2.75, 3.05) is 19.6 Å². The Balaban J connectivity index is 1.49. The molecule has 1 unspecified atom stereocenters. The molecular weight excluding hydrogens is 208 g/mol. The molecule has 2 aliphatic carbocycles. The molecule has 3 aliphatic rings. The lowest BCUT2D eigenvalue weighted by Crippen LogP contribution is -2.62. The molecule has 0 amide bonds. The van der Waals surface area contributed by atoms with Gasteiger partial charge in [-0.3, -0.25) is 4.90 Å². The second-order valence-corrected chi connectivity index (χ2v) is 6.77. The van der Waals surface area contributed by atoms with Crippen LogP contribution in [-0.2, 0) is 0 Å². The zero-order chi connectivity index (χ0) is 11.7. The first-order chi connectivity index (χ1) is 8.27. The normalized spacial score (nSPS) is 33.4. The smallest absolute Gasteiger partial charge is 0.0309 e. The Kier molecular flexibility index (Phi) is 3.45. The van der Waals surface area contributed by atoms with E-state index in [4.69, 9.17) is 0 Å². The van der Waals surface area contributed by atoms with Gasteiger partial charge in [-0.15, -0.1) is 0 Å². The van der Waals surface area contributed by atoms with E-state index in [1.165, 1.54) is 71.0 Å². The van der Waals surface area contributed by atoms with Crippen LogP contribution in [0.4, 0.5) is 0 Å². The second-order valence-electron chi connectivity index (χ2n) is 6.77. The second kappa shape index (κ2) is 4.89. The maximum atomic E-state index is 3.84. The summed E-state index contributed by atoms with van der Waals surface area (Å²) in [5, 5.41) is 3.84. The Labute approximate surface area is 106 Å². The summed E-state index contributed by atoms with van der Waals surface area (Å²) in [4.78, 5) is 2.77. The van der Waals surface area contributed by atoms with E-state index in [-0.39, 0.29) is 0 Å². The van der Waals surface area contributed by atoms with Crippen LogP contribution in [0.1, 0.15) is 58.3 Å². The molecule has 98 valence electrons. The quantitative estimate of drug-likeness (QED) is 0.807. The Hall–Kier alpha value is -0.0800. The molecule has 1 spiro atoms. The van der Waals surface area contributed by atoms with Crippen LogP contribution in [0.5, 0.6) is 0 Å². The summed E-state index contributed by atoms with van der Waals surface area (Å²) in [5.41, 5.74) is 0.506. The molecule has 1 N–H and O–H groups in total. The van der Waals surface area contributed by atoms with E-state index in [2.05, 4.69) is 17.1 Å². The predicted molar refractivity (Wildman–Crippen MR) is 72.2 cm³/mol. The van der Waals surface area contributed by atoms with Crippen LogP contribution < -0.4 is 5.32 Å². The third kappa shape index (κ3) is 2.85. The zero-order valence-corrected chi connectivity index (χ0v) is 11.4. The van der Waals surface area contributed by atoms with Crippen molar-refractivity contribution in [3.63, 3.8) is 0 Å². The van der Waals surface area contributed by atoms with E-state index in [1.807, 2.05) is 0 Å². The van der Waals surface area contributed by atoms with Gasteiger partial charge in [0.2, 0.25) is 0 Å². The molecule has 1 heterocycles. The average molecular weight is 236 g/mol. The fourth-order valence-corrected chi connectivity index (χ4v) is 3.77. The zero-order valence-electron chi connectivity index (χ0n) is 11.4. The molecule has 3 fully saturated rings. The number of piperazine rings is 1. The largest absolute Gasteiger partial charge is 0.308 e. The van der Waals surface area contributed by atoms with Crippen molar-refractivity contribution in [3.05, 3.63) is 0 Å². The van der Waals surface area contributed by atoms with Crippen LogP contribution in [-0.4, -0.2) is 36.1 Å². The van der Waals surface area contributed by atoms with Gasteiger partial charge >= 0.3 is 0 Å². The lowest BCUT2D eigenvalue weighted by Gasteiger charge is -2.45. The van der Waals surface area contributed by atoms with Crippen molar-refractivity contribution < 1.29 is 0 Å². The van der Waals surface area contributed by atoms with Gasteiger partial charge in [0.1, 0.15) is 0 Å². The summed E-state index contributed by atoms with van der Waals surface area (Å²) < 4.78 is 0. The first kappa shape index (κ1) is 12.0. The molecular formula is C15H28N2. The molecule has 0 aromatic carbocycles. The van der Waals surface area contributed by atoms with Crippen molar-refractivity contribution in [2.24, 2.45) is 5.92 Å². The fraction of sp³-hybridized carbons (Fsp3) is 1.00. The van der Waals surface area contributed by atoms with E-state index >= 15 is 0 Å². The van der Waals surface area contributed by atoms with Gasteiger partial charge in [-0.2, -0.15) is 0 Å². The lowest BCUT2D eigenvalue weighted by molar-refractivity contribution is 0.0872. The molecule has 1 aliphatic heterocycles. The Morgan fingerprint density at radius 1 is 1.24 bits per heavy atom. The van der Waals surface area contributed by atoms with Gasteiger partial charge in [-0.25, -0.2) is 0 Å². The van der Waals surface area contributed by atoms with Crippen LogP contribution >= 0.6 is 0 Å². The summed E-state index contributed by atoms with van der Waals surface area (Å²) in [5.74, 6) is 1.11.